The first kappa shape index (κ1) is 11.8. The Balaban J connectivity index is 2.86. The molecule has 0 saturated carbocycles. The maximum absolute atomic E-state index is 5.77. The molecule has 0 amide bonds. The fourth-order valence-electron chi connectivity index (χ4n) is 0.942. The Morgan fingerprint density at radius 3 is 2.40 bits per heavy atom. The molecule has 0 unspecified atom stereocenters. The van der Waals surface area contributed by atoms with E-state index in [1.165, 1.54) is 0 Å². The van der Waals surface area contributed by atoms with Crippen molar-refractivity contribution >= 4 is 29.1 Å². The van der Waals surface area contributed by atoms with Crippen molar-refractivity contribution in [3.8, 4) is 0 Å². The van der Waals surface area contributed by atoms with Gasteiger partial charge in [0.25, 0.3) is 0 Å². The summed E-state index contributed by atoms with van der Waals surface area (Å²) in [7, 11) is 0. The van der Waals surface area contributed by atoms with E-state index >= 15 is 0 Å². The lowest BCUT2D eigenvalue weighted by molar-refractivity contribution is 0.442. The average molecular weight is 230 g/mol. The molecule has 84 valence electrons. The Labute approximate surface area is 94.2 Å². The summed E-state index contributed by atoms with van der Waals surface area (Å²) in [6.45, 7) is 7.02. The quantitative estimate of drug-likeness (QED) is 0.673. The van der Waals surface area contributed by atoms with Crippen LogP contribution < -0.4 is 16.8 Å². The van der Waals surface area contributed by atoms with Gasteiger partial charge in [0, 0.05) is 6.54 Å². The van der Waals surface area contributed by atoms with Crippen LogP contribution in [0.2, 0.25) is 5.15 Å². The molecule has 0 spiro atoms. The van der Waals surface area contributed by atoms with Gasteiger partial charge in [-0.25, -0.2) is 0 Å². The van der Waals surface area contributed by atoms with Crippen molar-refractivity contribution in [3.05, 3.63) is 5.15 Å². The summed E-state index contributed by atoms with van der Waals surface area (Å²) < 4.78 is 0. The molecule has 0 aliphatic rings. The second kappa shape index (κ2) is 4.10. The van der Waals surface area contributed by atoms with Gasteiger partial charge in [0.15, 0.2) is 11.0 Å². The number of nitrogens with two attached hydrogens (primary N) is 2. The lowest BCUT2D eigenvalue weighted by Gasteiger charge is -2.20. The van der Waals surface area contributed by atoms with E-state index in [9.17, 15) is 0 Å². The number of hydrogen-bond acceptors (Lipinski definition) is 5. The summed E-state index contributed by atoms with van der Waals surface area (Å²) in [6.07, 6.45) is 0. The number of anilines is 3. The van der Waals surface area contributed by atoms with Crippen LogP contribution >= 0.6 is 11.6 Å². The molecule has 0 atom stereocenters. The lowest BCUT2D eigenvalue weighted by Crippen LogP contribution is -2.20. The zero-order valence-electron chi connectivity index (χ0n) is 9.13. The first-order valence-corrected chi connectivity index (χ1v) is 5.00. The molecule has 15 heavy (non-hydrogen) atoms. The number of nitrogens with one attached hydrogen (secondary N) is 1. The molecule has 1 heterocycles. The lowest BCUT2D eigenvalue weighted by atomic mass is 9.97. The fraction of sp³-hybridized carbons (Fsp3) is 0.556. The second-order valence-corrected chi connectivity index (χ2v) is 4.91. The highest BCUT2D eigenvalue weighted by Crippen LogP contribution is 2.25. The van der Waals surface area contributed by atoms with Gasteiger partial charge < -0.3 is 16.8 Å². The Kier molecular flexibility index (Phi) is 3.24. The third-order valence-electron chi connectivity index (χ3n) is 1.70. The number of aromatic nitrogens is 2. The van der Waals surface area contributed by atoms with Crippen LogP contribution in [0.15, 0.2) is 0 Å². The standard InChI is InChI=1S/C9H16ClN5/c1-9(2,3)4-13-7-5(11)6(10)14-8(12)15-7/h4,11H2,1-3H3,(H3,12,13,14,15). The maximum Gasteiger partial charge on any atom is 0.223 e. The van der Waals surface area contributed by atoms with Crippen molar-refractivity contribution in [1.29, 1.82) is 0 Å². The van der Waals surface area contributed by atoms with Gasteiger partial charge in [-0.2, -0.15) is 9.97 Å². The third-order valence-corrected chi connectivity index (χ3v) is 1.99. The molecule has 0 bridgehead atoms. The van der Waals surface area contributed by atoms with Crippen molar-refractivity contribution in [2.75, 3.05) is 23.3 Å². The van der Waals surface area contributed by atoms with Gasteiger partial charge in [-0.3, -0.25) is 0 Å². The second-order valence-electron chi connectivity index (χ2n) is 4.55. The number of halogens is 1. The number of nitrogens with zero attached hydrogens (tertiary/aromatic N) is 2. The van der Waals surface area contributed by atoms with Crippen LogP contribution in [0.1, 0.15) is 20.8 Å². The molecule has 0 aliphatic heterocycles. The first-order valence-electron chi connectivity index (χ1n) is 4.62. The molecule has 0 radical (unpaired) electrons. The number of nitrogen functional groups attached to an aromatic ring is 2. The predicted octanol–water partition coefficient (Wildman–Crippen LogP) is 1.75. The molecular formula is C9H16ClN5. The molecule has 0 fully saturated rings. The SMILES string of the molecule is CC(C)(C)CNc1nc(N)nc(Cl)c1N. The fourth-order valence-corrected chi connectivity index (χ4v) is 1.12. The Hall–Kier alpha value is -1.23. The van der Waals surface area contributed by atoms with Crippen molar-refractivity contribution < 1.29 is 0 Å². The van der Waals surface area contributed by atoms with E-state index < -0.39 is 0 Å². The van der Waals surface area contributed by atoms with Gasteiger partial charge in [-0.05, 0) is 5.41 Å². The molecule has 0 aromatic carbocycles. The van der Waals surface area contributed by atoms with Crippen LogP contribution in [0.25, 0.3) is 0 Å². The minimum absolute atomic E-state index is 0.116. The van der Waals surface area contributed by atoms with E-state index in [4.69, 9.17) is 23.1 Å². The molecule has 1 aromatic heterocycles. The van der Waals surface area contributed by atoms with Crippen molar-refractivity contribution in [3.63, 3.8) is 0 Å². The average Bonchev–Trinajstić information content (AvgIpc) is 2.07. The summed E-state index contributed by atoms with van der Waals surface area (Å²) in [4.78, 5) is 7.73. The molecule has 5 nitrogen and oxygen atoms in total. The monoisotopic (exact) mass is 229 g/mol. The minimum atomic E-state index is 0.116. The van der Waals surface area contributed by atoms with E-state index in [0.29, 0.717) is 11.5 Å². The number of hydrogen-bond donors (Lipinski definition) is 3. The molecular weight excluding hydrogens is 214 g/mol. The zero-order valence-corrected chi connectivity index (χ0v) is 9.89. The highest BCUT2D eigenvalue weighted by atomic mass is 35.5. The van der Waals surface area contributed by atoms with Crippen LogP contribution in [0.5, 0.6) is 0 Å². The van der Waals surface area contributed by atoms with Crippen LogP contribution in [0.3, 0.4) is 0 Å². The molecule has 6 heteroatoms. The van der Waals surface area contributed by atoms with E-state index in [0.717, 1.165) is 6.54 Å². The molecule has 0 saturated heterocycles. The van der Waals surface area contributed by atoms with Crippen molar-refractivity contribution in [2.24, 2.45) is 5.41 Å². The molecule has 1 rings (SSSR count). The van der Waals surface area contributed by atoms with Gasteiger partial charge in [0.2, 0.25) is 5.95 Å². The summed E-state index contributed by atoms with van der Waals surface area (Å²) in [5, 5.41) is 3.27. The smallest absolute Gasteiger partial charge is 0.223 e. The van der Waals surface area contributed by atoms with E-state index in [1.54, 1.807) is 0 Å². The van der Waals surface area contributed by atoms with E-state index in [2.05, 4.69) is 36.1 Å². The topological polar surface area (TPSA) is 89.8 Å². The zero-order chi connectivity index (χ0) is 11.6. The van der Waals surface area contributed by atoms with Crippen LogP contribution in [0, 0.1) is 5.41 Å². The van der Waals surface area contributed by atoms with Gasteiger partial charge in [-0.1, -0.05) is 32.4 Å². The van der Waals surface area contributed by atoms with Crippen LogP contribution in [0.4, 0.5) is 17.5 Å². The normalized spacial score (nSPS) is 11.5. The summed E-state index contributed by atoms with van der Waals surface area (Å²) >= 11 is 5.77. The third kappa shape index (κ3) is 3.43. The van der Waals surface area contributed by atoms with Gasteiger partial charge in [0.05, 0.1) is 0 Å². The summed E-state index contributed by atoms with van der Waals surface area (Å²) in [5.41, 5.74) is 11.6. The van der Waals surface area contributed by atoms with Crippen LogP contribution in [-0.4, -0.2) is 16.5 Å². The highest BCUT2D eigenvalue weighted by Gasteiger charge is 2.13. The summed E-state index contributed by atoms with van der Waals surface area (Å²) in [5.74, 6) is 0.605. The van der Waals surface area contributed by atoms with Gasteiger partial charge in [-0.15, -0.1) is 0 Å². The van der Waals surface area contributed by atoms with Gasteiger partial charge in [0.1, 0.15) is 5.69 Å². The summed E-state index contributed by atoms with van der Waals surface area (Å²) in [6, 6.07) is 0. The van der Waals surface area contributed by atoms with Gasteiger partial charge >= 0.3 is 0 Å². The van der Waals surface area contributed by atoms with E-state index in [-0.39, 0.29) is 16.5 Å². The Bertz CT molecular complexity index is 358. The minimum Gasteiger partial charge on any atom is -0.393 e. The predicted molar refractivity (Wildman–Crippen MR) is 63.8 cm³/mol. The Morgan fingerprint density at radius 1 is 1.27 bits per heavy atom. The molecule has 5 N–H and O–H groups in total. The van der Waals surface area contributed by atoms with Crippen LogP contribution in [-0.2, 0) is 0 Å². The highest BCUT2D eigenvalue weighted by molar-refractivity contribution is 6.32. The molecule has 0 aliphatic carbocycles. The number of rotatable bonds is 2. The van der Waals surface area contributed by atoms with Crippen molar-refractivity contribution in [1.82, 2.24) is 9.97 Å². The van der Waals surface area contributed by atoms with Crippen molar-refractivity contribution in [2.45, 2.75) is 20.8 Å². The largest absolute Gasteiger partial charge is 0.393 e. The molecule has 1 aromatic rings. The first-order chi connectivity index (χ1) is 6.79. The Morgan fingerprint density at radius 2 is 1.87 bits per heavy atom. The van der Waals surface area contributed by atoms with E-state index in [1.807, 2.05) is 0 Å². The maximum atomic E-state index is 5.77.